The minimum atomic E-state index is -3.89. The number of hydrogen-bond donors (Lipinski definition) is 4. The maximum Gasteiger partial charge on any atom is 0.508 e. The molecule has 2 aromatic heterocycles. The summed E-state index contributed by atoms with van der Waals surface area (Å²) in [5, 5.41) is 0. The first-order chi connectivity index (χ1) is 41.8. The largest absolute Gasteiger partial charge is 0.508 e. The van der Waals surface area contributed by atoms with Gasteiger partial charge in [0, 0.05) is 46.3 Å². The SMILES string of the molecule is O=C(OCCCC(CS(=O)(=O)NCc1ccc(Br)cc1)c1c[nH]c(C(c2ccccc2)(c2ccccc2)c2ccccc2)n1)OCCCC(CS(=O)(=O)NCc1ccc(Br)cc1)c1c[nH]c(C(c2ccccc2)(c2ccccc2)c2ccccc2)n1. The summed E-state index contributed by atoms with van der Waals surface area (Å²) in [6.07, 6.45) is 3.85. The summed E-state index contributed by atoms with van der Waals surface area (Å²) in [5.74, 6) is -0.586. The summed E-state index contributed by atoms with van der Waals surface area (Å²) in [5.41, 5.74) is 6.71. The van der Waals surface area contributed by atoms with Crippen LogP contribution in [0.5, 0.6) is 0 Å². The number of carbonyl (C=O) groups excluding carboxylic acids is 1. The Morgan fingerprint density at radius 3 is 0.988 bits per heavy atom. The van der Waals surface area contributed by atoms with Gasteiger partial charge >= 0.3 is 6.16 Å². The van der Waals surface area contributed by atoms with Crippen LogP contribution in [-0.4, -0.2) is 67.6 Å². The zero-order chi connectivity index (χ0) is 59.8. The van der Waals surface area contributed by atoms with Gasteiger partial charge in [0.05, 0.1) is 36.1 Å². The Morgan fingerprint density at radius 2 is 0.709 bits per heavy atom. The summed E-state index contributed by atoms with van der Waals surface area (Å²) >= 11 is 6.91. The minimum Gasteiger partial charge on any atom is -0.434 e. The molecule has 0 amide bonds. The number of halogens is 2. The van der Waals surface area contributed by atoms with Crippen LogP contribution in [0, 0.1) is 0 Å². The lowest BCUT2D eigenvalue weighted by atomic mass is 9.69. The van der Waals surface area contributed by atoms with Gasteiger partial charge in [0.2, 0.25) is 20.0 Å². The molecule has 86 heavy (non-hydrogen) atoms. The Morgan fingerprint density at radius 1 is 0.430 bits per heavy atom. The molecule has 10 aromatic rings. The van der Waals surface area contributed by atoms with E-state index in [2.05, 4.69) is 124 Å². The van der Waals surface area contributed by atoms with Gasteiger partial charge in [-0.3, -0.25) is 0 Å². The Bertz CT molecular complexity index is 3530. The molecule has 0 radical (unpaired) electrons. The van der Waals surface area contributed by atoms with E-state index in [1.54, 1.807) is 12.4 Å². The number of nitrogens with one attached hydrogen (secondary N) is 4. The van der Waals surface area contributed by atoms with Crippen molar-refractivity contribution < 1.29 is 31.1 Å². The van der Waals surface area contributed by atoms with Crippen LogP contribution in [0.2, 0.25) is 0 Å². The van der Waals surface area contributed by atoms with Crippen molar-refractivity contribution in [2.75, 3.05) is 24.7 Å². The molecule has 0 spiro atoms. The topological polar surface area (TPSA) is 185 Å². The van der Waals surface area contributed by atoms with Gasteiger partial charge in [0.25, 0.3) is 0 Å². The number of imidazole rings is 2. The second kappa shape index (κ2) is 28.6. The smallest absolute Gasteiger partial charge is 0.434 e. The van der Waals surface area contributed by atoms with Crippen LogP contribution < -0.4 is 9.44 Å². The number of benzene rings is 8. The number of nitrogens with zero attached hydrogens (tertiary/aromatic N) is 2. The summed E-state index contributed by atoms with van der Waals surface area (Å²) in [6, 6.07) is 75.6. The first-order valence-electron chi connectivity index (χ1n) is 28.5. The Kier molecular flexibility index (Phi) is 20.4. The van der Waals surface area contributed by atoms with Gasteiger partial charge in [-0.15, -0.1) is 0 Å². The van der Waals surface area contributed by atoms with Gasteiger partial charge in [0.1, 0.15) is 22.5 Å². The Labute approximate surface area is 520 Å². The summed E-state index contributed by atoms with van der Waals surface area (Å²) < 4.78 is 74.8. The number of H-pyrrole nitrogens is 2. The normalized spacial score (nSPS) is 12.8. The molecule has 10 rings (SSSR count). The zero-order valence-corrected chi connectivity index (χ0v) is 51.9. The Balaban J connectivity index is 0.854. The van der Waals surface area contributed by atoms with Crippen LogP contribution in [0.3, 0.4) is 0 Å². The number of hydrogen-bond acceptors (Lipinski definition) is 9. The van der Waals surface area contributed by atoms with E-state index in [9.17, 15) is 21.6 Å². The minimum absolute atomic E-state index is 0.0616. The van der Waals surface area contributed by atoms with E-state index in [0.717, 1.165) is 53.5 Å². The second-order valence-corrected chi connectivity index (χ2v) is 26.7. The van der Waals surface area contributed by atoms with E-state index in [-0.39, 0.29) is 50.7 Å². The maximum atomic E-state index is 14.0. The molecule has 0 fully saturated rings. The second-order valence-electron chi connectivity index (χ2n) is 21.1. The first kappa shape index (κ1) is 61.3. The molecule has 0 aliphatic heterocycles. The maximum absolute atomic E-state index is 14.0. The number of ether oxygens (including phenoxy) is 2. The van der Waals surface area contributed by atoms with Crippen LogP contribution in [0.1, 0.15) is 105 Å². The molecule has 2 unspecified atom stereocenters. The lowest BCUT2D eigenvalue weighted by Gasteiger charge is -2.34. The summed E-state index contributed by atoms with van der Waals surface area (Å²) in [6.45, 7) is 0.0764. The summed E-state index contributed by atoms with van der Waals surface area (Å²) in [4.78, 5) is 30.9. The third-order valence-corrected chi connectivity index (χ3v) is 19.4. The van der Waals surface area contributed by atoms with E-state index in [1.807, 2.05) is 158 Å². The lowest BCUT2D eigenvalue weighted by Crippen LogP contribution is -2.32. The highest BCUT2D eigenvalue weighted by atomic mass is 79.9. The number of carbonyl (C=O) groups is 1. The fourth-order valence-electron chi connectivity index (χ4n) is 11.3. The standard InChI is InChI=1S/C69H66Br2N6O7S2/c70-61-39-35-51(36-40-61)45-74-85(79,80)49-53(63-47-72-65(76-63)68(55-23-7-1-8-24-55,56-25-9-2-10-26-56)57-27-11-3-12-28-57)21-19-43-83-67(78)84-44-20-22-54(50-86(81,82)75-46-52-37-41-62(71)42-38-52)64-48-73-66(77-64)69(58-29-13-4-14-30-58,59-31-15-5-16-32-59)60-33-17-6-18-34-60/h1-18,23-42,47-48,53-54,74-75H,19-22,43-46,49-50H2,(H,72,76)(H,73,77). The van der Waals surface area contributed by atoms with Crippen molar-refractivity contribution in [3.05, 3.63) is 319 Å². The molecule has 0 saturated carbocycles. The summed E-state index contributed by atoms with van der Waals surface area (Å²) in [7, 11) is -7.77. The highest BCUT2D eigenvalue weighted by molar-refractivity contribution is 9.10. The van der Waals surface area contributed by atoms with Crippen LogP contribution >= 0.6 is 31.9 Å². The van der Waals surface area contributed by atoms with E-state index in [1.165, 1.54) is 0 Å². The van der Waals surface area contributed by atoms with Crippen molar-refractivity contribution in [2.24, 2.45) is 0 Å². The van der Waals surface area contributed by atoms with E-state index in [0.29, 0.717) is 35.9 Å². The zero-order valence-electron chi connectivity index (χ0n) is 47.1. The van der Waals surface area contributed by atoms with Crippen LogP contribution in [0.25, 0.3) is 0 Å². The molecule has 0 saturated heterocycles. The molecule has 0 bridgehead atoms. The molecule has 0 aliphatic rings. The molecular weight excluding hydrogens is 1250 g/mol. The fourth-order valence-corrected chi connectivity index (χ4v) is 14.6. The van der Waals surface area contributed by atoms with Gasteiger partial charge in [0.15, 0.2) is 0 Å². The van der Waals surface area contributed by atoms with Crippen molar-refractivity contribution in [1.82, 2.24) is 29.4 Å². The molecule has 0 aliphatic carbocycles. The molecule has 440 valence electrons. The van der Waals surface area contributed by atoms with E-state index < -0.39 is 48.9 Å². The first-order valence-corrected chi connectivity index (χ1v) is 33.4. The highest BCUT2D eigenvalue weighted by Gasteiger charge is 2.43. The van der Waals surface area contributed by atoms with Crippen molar-refractivity contribution in [1.29, 1.82) is 0 Å². The number of aromatic amines is 2. The molecule has 13 nitrogen and oxygen atoms in total. The van der Waals surface area contributed by atoms with Crippen molar-refractivity contribution in [2.45, 2.75) is 61.4 Å². The monoisotopic (exact) mass is 1310 g/mol. The van der Waals surface area contributed by atoms with Gasteiger partial charge in [-0.1, -0.05) is 238 Å². The van der Waals surface area contributed by atoms with Gasteiger partial charge < -0.3 is 19.4 Å². The van der Waals surface area contributed by atoms with Crippen molar-refractivity contribution in [3.8, 4) is 0 Å². The average Bonchev–Trinajstić information content (AvgIpc) is 1.36. The number of sulfonamides is 2. The molecule has 8 aromatic carbocycles. The van der Waals surface area contributed by atoms with Crippen LogP contribution in [-0.2, 0) is 53.4 Å². The average molecular weight is 1320 g/mol. The Hall–Kier alpha value is -7.77. The number of rotatable bonds is 28. The lowest BCUT2D eigenvalue weighted by molar-refractivity contribution is 0.0525. The van der Waals surface area contributed by atoms with Crippen LogP contribution in [0.4, 0.5) is 4.79 Å². The number of aromatic nitrogens is 4. The fraction of sp³-hybridized carbons (Fsp3) is 0.203. The van der Waals surface area contributed by atoms with Gasteiger partial charge in [-0.25, -0.2) is 41.0 Å². The van der Waals surface area contributed by atoms with E-state index >= 15 is 0 Å². The quantitative estimate of drug-likeness (QED) is 0.0210. The molecule has 2 atom stereocenters. The highest BCUT2D eigenvalue weighted by Crippen LogP contribution is 2.46. The predicted octanol–water partition coefficient (Wildman–Crippen LogP) is 14.2. The van der Waals surface area contributed by atoms with Crippen molar-refractivity contribution in [3.63, 3.8) is 0 Å². The molecule has 2 heterocycles. The molecular formula is C69H66Br2N6O7S2. The predicted molar refractivity (Wildman–Crippen MR) is 345 cm³/mol. The van der Waals surface area contributed by atoms with Gasteiger partial charge in [-0.2, -0.15) is 0 Å². The molecule has 17 heteroatoms. The third-order valence-electron chi connectivity index (χ3n) is 15.5. The third kappa shape index (κ3) is 14.9. The van der Waals surface area contributed by atoms with E-state index in [4.69, 9.17) is 19.4 Å². The van der Waals surface area contributed by atoms with Crippen LogP contribution in [0.15, 0.2) is 252 Å². The van der Waals surface area contributed by atoms with Crippen molar-refractivity contribution >= 4 is 58.1 Å². The molecule has 4 N–H and O–H groups in total. The van der Waals surface area contributed by atoms with Gasteiger partial charge in [-0.05, 0) is 94.5 Å².